The standard InChI is InChI=1S/C19H32O3Si3/c1-20-23(4,5)17-14-15-12-10-11-13-16(15)18(24(6,7)21-2)19(17)25(8,9)22-3/h10-14H,1-9H3. The minimum absolute atomic E-state index is 1.27. The van der Waals surface area contributed by atoms with E-state index in [9.17, 15) is 0 Å². The lowest BCUT2D eigenvalue weighted by Gasteiger charge is -2.36. The Balaban J connectivity index is 3.10. The highest BCUT2D eigenvalue weighted by atomic mass is 28.4. The first kappa shape index (κ1) is 20.5. The molecule has 0 spiro atoms. The maximum absolute atomic E-state index is 6.11. The average Bonchev–Trinajstić information content (AvgIpc) is 2.59. The fourth-order valence-electron chi connectivity index (χ4n) is 3.39. The number of hydrogen-bond acceptors (Lipinski definition) is 3. The molecule has 0 saturated carbocycles. The Morgan fingerprint density at radius 2 is 1.12 bits per heavy atom. The van der Waals surface area contributed by atoms with E-state index >= 15 is 0 Å². The SMILES string of the molecule is CO[Si](C)(C)c1cc2ccccc2c([Si](C)(C)OC)c1[Si](C)(C)OC. The summed E-state index contributed by atoms with van der Waals surface area (Å²) in [7, 11) is -0.707. The van der Waals surface area contributed by atoms with E-state index in [1.165, 1.54) is 26.3 Å². The first-order chi connectivity index (χ1) is 11.5. The Labute approximate surface area is 155 Å². The van der Waals surface area contributed by atoms with Gasteiger partial charge in [-0.25, -0.2) is 0 Å². The molecule has 2 rings (SSSR count). The third-order valence-electron chi connectivity index (χ3n) is 5.43. The number of rotatable bonds is 6. The zero-order valence-corrected chi connectivity index (χ0v) is 20.1. The predicted octanol–water partition coefficient (Wildman–Crippen LogP) is 3.02. The van der Waals surface area contributed by atoms with E-state index in [1.54, 1.807) is 0 Å². The second-order valence-corrected chi connectivity index (χ2v) is 19.9. The summed E-state index contributed by atoms with van der Waals surface area (Å²) in [4.78, 5) is 0. The average molecular weight is 393 g/mol. The zero-order valence-electron chi connectivity index (χ0n) is 17.1. The van der Waals surface area contributed by atoms with Crippen LogP contribution < -0.4 is 15.6 Å². The molecule has 0 unspecified atom stereocenters. The molecule has 0 aliphatic rings. The van der Waals surface area contributed by atoms with Crippen LogP contribution in [0.3, 0.4) is 0 Å². The van der Waals surface area contributed by atoms with Gasteiger partial charge in [-0.15, -0.1) is 0 Å². The van der Waals surface area contributed by atoms with Crippen molar-refractivity contribution in [2.45, 2.75) is 39.3 Å². The first-order valence-electron chi connectivity index (χ1n) is 8.74. The van der Waals surface area contributed by atoms with Gasteiger partial charge in [0, 0.05) is 21.3 Å². The van der Waals surface area contributed by atoms with Crippen molar-refractivity contribution < 1.29 is 13.3 Å². The van der Waals surface area contributed by atoms with Crippen LogP contribution in [0.5, 0.6) is 0 Å². The second-order valence-electron chi connectivity index (χ2n) is 8.04. The van der Waals surface area contributed by atoms with Gasteiger partial charge >= 0.3 is 0 Å². The summed E-state index contributed by atoms with van der Waals surface area (Å²) in [5.41, 5.74) is 0. The van der Waals surface area contributed by atoms with Crippen molar-refractivity contribution in [2.24, 2.45) is 0 Å². The summed E-state index contributed by atoms with van der Waals surface area (Å²) in [6.45, 7) is 13.7. The summed E-state index contributed by atoms with van der Waals surface area (Å²) in [5.74, 6) is 0. The van der Waals surface area contributed by atoms with Crippen LogP contribution in [0.15, 0.2) is 30.3 Å². The van der Waals surface area contributed by atoms with Crippen LogP contribution in [0.2, 0.25) is 39.3 Å². The molecular weight excluding hydrogens is 360 g/mol. The Hall–Kier alpha value is -0.769. The van der Waals surface area contributed by atoms with Crippen LogP contribution in [-0.2, 0) is 13.3 Å². The molecule has 0 radical (unpaired) electrons. The van der Waals surface area contributed by atoms with Gasteiger partial charge in [0.1, 0.15) is 0 Å². The van der Waals surface area contributed by atoms with Gasteiger partial charge in [-0.05, 0) is 65.6 Å². The molecule has 0 aliphatic carbocycles. The van der Waals surface area contributed by atoms with E-state index in [2.05, 4.69) is 69.6 Å². The van der Waals surface area contributed by atoms with Crippen molar-refractivity contribution in [3.05, 3.63) is 30.3 Å². The summed E-state index contributed by atoms with van der Waals surface area (Å²) >= 11 is 0. The fraction of sp³-hybridized carbons (Fsp3) is 0.474. The molecule has 0 amide bonds. The highest BCUT2D eigenvalue weighted by Gasteiger charge is 2.42. The van der Waals surface area contributed by atoms with Crippen molar-refractivity contribution in [1.82, 2.24) is 0 Å². The van der Waals surface area contributed by atoms with Gasteiger partial charge in [0.15, 0.2) is 0 Å². The van der Waals surface area contributed by atoms with Crippen LogP contribution in [0.1, 0.15) is 0 Å². The highest BCUT2D eigenvalue weighted by Crippen LogP contribution is 2.19. The smallest absolute Gasteiger partial charge is 0.218 e. The molecule has 6 heteroatoms. The quantitative estimate of drug-likeness (QED) is 0.707. The molecule has 3 nitrogen and oxygen atoms in total. The maximum Gasteiger partial charge on any atom is 0.218 e. The molecule has 25 heavy (non-hydrogen) atoms. The maximum atomic E-state index is 6.11. The molecule has 138 valence electrons. The second kappa shape index (κ2) is 7.09. The van der Waals surface area contributed by atoms with Gasteiger partial charge in [-0.3, -0.25) is 0 Å². The first-order valence-corrected chi connectivity index (χ1v) is 17.5. The van der Waals surface area contributed by atoms with E-state index in [4.69, 9.17) is 13.3 Å². The lowest BCUT2D eigenvalue weighted by molar-refractivity contribution is 0.411. The van der Waals surface area contributed by atoms with Crippen LogP contribution in [0.25, 0.3) is 10.8 Å². The van der Waals surface area contributed by atoms with Gasteiger partial charge in [0.05, 0.1) is 0 Å². The van der Waals surface area contributed by atoms with Crippen LogP contribution in [0, 0.1) is 0 Å². The van der Waals surface area contributed by atoms with Gasteiger partial charge in [-0.1, -0.05) is 30.3 Å². The monoisotopic (exact) mass is 392 g/mol. The molecule has 0 aromatic heterocycles. The van der Waals surface area contributed by atoms with Gasteiger partial charge in [0.25, 0.3) is 0 Å². The fourth-order valence-corrected chi connectivity index (χ4v) is 12.1. The number of hydrogen-bond donors (Lipinski definition) is 0. The molecule has 0 atom stereocenters. The Kier molecular flexibility index (Phi) is 5.83. The molecule has 2 aromatic rings. The number of benzene rings is 2. The van der Waals surface area contributed by atoms with E-state index in [0.717, 1.165) is 0 Å². The molecular formula is C19H32O3Si3. The van der Waals surface area contributed by atoms with Crippen molar-refractivity contribution >= 4 is 51.3 Å². The van der Waals surface area contributed by atoms with Crippen molar-refractivity contribution in [3.8, 4) is 0 Å². The molecule has 0 aliphatic heterocycles. The molecule has 0 bridgehead atoms. The molecule has 0 fully saturated rings. The third kappa shape index (κ3) is 3.70. The van der Waals surface area contributed by atoms with Crippen molar-refractivity contribution in [2.75, 3.05) is 21.3 Å². The predicted molar refractivity (Wildman–Crippen MR) is 116 cm³/mol. The van der Waals surface area contributed by atoms with Crippen LogP contribution in [0.4, 0.5) is 0 Å². The lowest BCUT2D eigenvalue weighted by Crippen LogP contribution is -2.70. The molecule has 2 aromatic carbocycles. The zero-order chi connectivity index (χ0) is 19.0. The third-order valence-corrected chi connectivity index (χ3v) is 14.1. The minimum atomic E-state index is -2.10. The Bertz CT molecular complexity index is 770. The molecule has 0 saturated heterocycles. The van der Waals surface area contributed by atoms with Gasteiger partial charge in [0.2, 0.25) is 25.0 Å². The molecule has 0 N–H and O–H groups in total. The van der Waals surface area contributed by atoms with Crippen LogP contribution >= 0.6 is 0 Å². The topological polar surface area (TPSA) is 27.7 Å². The lowest BCUT2D eigenvalue weighted by atomic mass is 10.1. The summed E-state index contributed by atoms with van der Waals surface area (Å²) in [6.07, 6.45) is 0. The van der Waals surface area contributed by atoms with E-state index in [-0.39, 0.29) is 0 Å². The summed E-state index contributed by atoms with van der Waals surface area (Å²) in [5, 5.41) is 6.72. The normalized spacial score (nSPS) is 13.5. The van der Waals surface area contributed by atoms with E-state index in [0.29, 0.717) is 0 Å². The largest absolute Gasteiger partial charge is 0.416 e. The Morgan fingerprint density at radius 3 is 1.64 bits per heavy atom. The van der Waals surface area contributed by atoms with Crippen molar-refractivity contribution in [3.63, 3.8) is 0 Å². The van der Waals surface area contributed by atoms with Gasteiger partial charge < -0.3 is 13.3 Å². The van der Waals surface area contributed by atoms with Crippen molar-refractivity contribution in [1.29, 1.82) is 0 Å². The summed E-state index contributed by atoms with van der Waals surface area (Å²) < 4.78 is 18.2. The Morgan fingerprint density at radius 1 is 0.640 bits per heavy atom. The summed E-state index contributed by atoms with van der Waals surface area (Å²) in [6, 6.07) is 11.0. The molecule has 0 heterocycles. The number of fused-ring (bicyclic) bond motifs is 1. The highest BCUT2D eigenvalue weighted by molar-refractivity contribution is 7.01. The van der Waals surface area contributed by atoms with E-state index in [1.807, 2.05) is 21.3 Å². The van der Waals surface area contributed by atoms with E-state index < -0.39 is 25.0 Å². The van der Waals surface area contributed by atoms with Crippen LogP contribution in [-0.4, -0.2) is 46.3 Å². The van der Waals surface area contributed by atoms with Gasteiger partial charge in [-0.2, -0.15) is 0 Å². The minimum Gasteiger partial charge on any atom is -0.416 e.